The van der Waals surface area contributed by atoms with Gasteiger partial charge < -0.3 is 10.1 Å². The van der Waals surface area contributed by atoms with E-state index in [4.69, 9.17) is 4.74 Å². The van der Waals surface area contributed by atoms with Crippen LogP contribution in [0.4, 0.5) is 20.3 Å². The van der Waals surface area contributed by atoms with Crippen LogP contribution in [0.5, 0.6) is 5.75 Å². The first-order valence-corrected chi connectivity index (χ1v) is 11.1. The zero-order valence-corrected chi connectivity index (χ0v) is 19.4. The third-order valence-corrected chi connectivity index (χ3v) is 6.00. The zero-order chi connectivity index (χ0) is 25.2. The van der Waals surface area contributed by atoms with Crippen molar-refractivity contribution in [3.63, 3.8) is 0 Å². The maximum absolute atomic E-state index is 15.9. The number of hydrogen-bond acceptors (Lipinski definition) is 6. The first-order valence-electron chi connectivity index (χ1n) is 11.1. The van der Waals surface area contributed by atoms with Crippen LogP contribution in [-0.2, 0) is 0 Å². The van der Waals surface area contributed by atoms with Crippen molar-refractivity contribution in [1.29, 1.82) is 0 Å². The quantitative estimate of drug-likeness (QED) is 0.278. The third kappa shape index (κ3) is 4.02. The SMILES string of the molecule is COc1cc(-c2cccc(-c3cccc(Nc4nccc5nccnc45)c3C)c2F)cc(F)c1C=O. The van der Waals surface area contributed by atoms with Crippen molar-refractivity contribution in [3.8, 4) is 28.0 Å². The van der Waals surface area contributed by atoms with Crippen molar-refractivity contribution >= 4 is 28.8 Å². The summed E-state index contributed by atoms with van der Waals surface area (Å²) in [5.41, 5.74) is 4.08. The molecule has 0 aliphatic carbocycles. The fraction of sp³-hybridized carbons (Fsp3) is 0.0714. The molecule has 6 nitrogen and oxygen atoms in total. The van der Waals surface area contributed by atoms with E-state index >= 15 is 4.39 Å². The molecule has 8 heteroatoms. The number of anilines is 2. The Morgan fingerprint density at radius 2 is 1.64 bits per heavy atom. The van der Waals surface area contributed by atoms with Crippen molar-refractivity contribution in [2.24, 2.45) is 0 Å². The lowest BCUT2D eigenvalue weighted by Gasteiger charge is -2.16. The molecule has 5 aromatic rings. The van der Waals surface area contributed by atoms with E-state index < -0.39 is 11.6 Å². The number of benzene rings is 3. The Morgan fingerprint density at radius 3 is 2.44 bits per heavy atom. The van der Waals surface area contributed by atoms with Gasteiger partial charge in [0.05, 0.1) is 18.2 Å². The number of hydrogen-bond donors (Lipinski definition) is 1. The summed E-state index contributed by atoms with van der Waals surface area (Å²) in [4.78, 5) is 24.3. The van der Waals surface area contributed by atoms with Crippen LogP contribution in [0.15, 0.2) is 73.2 Å². The fourth-order valence-corrected chi connectivity index (χ4v) is 4.17. The number of nitrogens with zero attached hydrogens (tertiary/aromatic N) is 3. The van der Waals surface area contributed by atoms with Crippen molar-refractivity contribution in [1.82, 2.24) is 15.0 Å². The van der Waals surface area contributed by atoms with E-state index in [-0.39, 0.29) is 22.4 Å². The molecule has 1 N–H and O–H groups in total. The minimum absolute atomic E-state index is 0.0397. The fourth-order valence-electron chi connectivity index (χ4n) is 4.17. The van der Waals surface area contributed by atoms with E-state index in [0.29, 0.717) is 34.3 Å². The van der Waals surface area contributed by atoms with Gasteiger partial charge in [0.1, 0.15) is 22.9 Å². The molecule has 0 radical (unpaired) electrons. The van der Waals surface area contributed by atoms with Crippen molar-refractivity contribution in [2.75, 3.05) is 12.4 Å². The summed E-state index contributed by atoms with van der Waals surface area (Å²) in [5, 5.41) is 3.29. The molecule has 0 saturated heterocycles. The lowest BCUT2D eigenvalue weighted by atomic mass is 9.94. The van der Waals surface area contributed by atoms with Crippen LogP contribution >= 0.6 is 0 Å². The third-order valence-electron chi connectivity index (χ3n) is 6.00. The summed E-state index contributed by atoms with van der Waals surface area (Å²) in [5.74, 6) is -0.727. The van der Waals surface area contributed by atoms with Crippen molar-refractivity contribution < 1.29 is 18.3 Å². The van der Waals surface area contributed by atoms with Gasteiger partial charge in [0.15, 0.2) is 12.1 Å². The lowest BCUT2D eigenvalue weighted by molar-refractivity contribution is 0.111. The summed E-state index contributed by atoms with van der Waals surface area (Å²) in [6.07, 6.45) is 5.23. The van der Waals surface area contributed by atoms with E-state index in [2.05, 4.69) is 20.3 Å². The number of pyridine rings is 1. The molecular formula is C28H20F2N4O2. The smallest absolute Gasteiger partial charge is 0.158 e. The zero-order valence-electron chi connectivity index (χ0n) is 19.4. The minimum Gasteiger partial charge on any atom is -0.496 e. The Balaban J connectivity index is 1.58. The minimum atomic E-state index is -0.780. The largest absolute Gasteiger partial charge is 0.496 e. The average molecular weight is 482 g/mol. The highest BCUT2D eigenvalue weighted by atomic mass is 19.1. The molecule has 178 valence electrons. The van der Waals surface area contributed by atoms with Gasteiger partial charge >= 0.3 is 0 Å². The Bertz CT molecular complexity index is 1620. The number of nitrogens with one attached hydrogen (secondary N) is 1. The van der Waals surface area contributed by atoms with Crippen LogP contribution < -0.4 is 10.1 Å². The second-order valence-corrected chi connectivity index (χ2v) is 8.05. The first-order chi connectivity index (χ1) is 17.5. The van der Waals surface area contributed by atoms with E-state index in [1.807, 2.05) is 25.1 Å². The number of carbonyl (C=O) groups is 1. The monoisotopic (exact) mass is 482 g/mol. The highest BCUT2D eigenvalue weighted by Gasteiger charge is 2.18. The summed E-state index contributed by atoms with van der Waals surface area (Å²) in [6, 6.07) is 14.8. The molecule has 0 aliphatic rings. The van der Waals surface area contributed by atoms with E-state index in [9.17, 15) is 9.18 Å². The van der Waals surface area contributed by atoms with E-state index in [1.54, 1.807) is 42.9 Å². The second kappa shape index (κ2) is 9.50. The number of carbonyl (C=O) groups excluding carboxylic acids is 1. The normalized spacial score (nSPS) is 10.9. The molecule has 0 unspecified atom stereocenters. The van der Waals surface area contributed by atoms with Crippen LogP contribution in [0.25, 0.3) is 33.3 Å². The summed E-state index contributed by atoms with van der Waals surface area (Å²) < 4.78 is 35.5. The molecule has 0 spiro atoms. The first kappa shape index (κ1) is 23.0. The van der Waals surface area contributed by atoms with Gasteiger partial charge in [-0.15, -0.1) is 0 Å². The number of rotatable bonds is 6. The highest BCUT2D eigenvalue weighted by Crippen LogP contribution is 2.37. The average Bonchev–Trinajstić information content (AvgIpc) is 2.90. The van der Waals surface area contributed by atoms with Crippen LogP contribution in [0.2, 0.25) is 0 Å². The predicted molar refractivity (Wildman–Crippen MR) is 135 cm³/mol. The van der Waals surface area contributed by atoms with Gasteiger partial charge in [-0.2, -0.15) is 0 Å². The Labute approximate surface area is 205 Å². The number of methoxy groups -OCH3 is 1. The summed E-state index contributed by atoms with van der Waals surface area (Å²) in [6.45, 7) is 1.88. The maximum atomic E-state index is 15.9. The number of aromatic nitrogens is 3. The van der Waals surface area contributed by atoms with E-state index in [0.717, 1.165) is 17.3 Å². The standard InChI is InChI=1S/C28H20F2N4O2/c1-16-18(5-4-8-23(16)34-28-27-24(9-10-33-28)31-11-12-32-27)20-7-3-6-19(26(20)30)17-13-22(29)21(15-35)25(14-17)36-2/h3-15H,1-2H3,(H,33,34). The van der Waals surface area contributed by atoms with Crippen LogP contribution in [0.1, 0.15) is 15.9 Å². The van der Waals surface area contributed by atoms with E-state index in [1.165, 1.54) is 13.2 Å². The second-order valence-electron chi connectivity index (χ2n) is 8.05. The van der Waals surface area contributed by atoms with Crippen LogP contribution in [0.3, 0.4) is 0 Å². The molecular weight excluding hydrogens is 462 g/mol. The van der Waals surface area contributed by atoms with Crippen molar-refractivity contribution in [2.45, 2.75) is 6.92 Å². The molecule has 36 heavy (non-hydrogen) atoms. The number of aldehydes is 1. The molecule has 2 aromatic heterocycles. The van der Waals surface area contributed by atoms with Gasteiger partial charge in [-0.1, -0.05) is 30.3 Å². The molecule has 3 aromatic carbocycles. The molecule has 0 amide bonds. The molecule has 5 rings (SSSR count). The van der Waals surface area contributed by atoms with Gasteiger partial charge in [-0.3, -0.25) is 9.78 Å². The molecule has 0 saturated carbocycles. The Kier molecular flexibility index (Phi) is 6.08. The van der Waals surface area contributed by atoms with Gasteiger partial charge in [0.2, 0.25) is 0 Å². The van der Waals surface area contributed by atoms with Gasteiger partial charge in [0, 0.05) is 35.4 Å². The molecule has 2 heterocycles. The number of fused-ring (bicyclic) bond motifs is 1. The predicted octanol–water partition coefficient (Wildman–Crippen LogP) is 6.51. The number of ether oxygens (including phenoxy) is 1. The van der Waals surface area contributed by atoms with Crippen molar-refractivity contribution in [3.05, 3.63) is 95.9 Å². The molecule has 0 fully saturated rings. The van der Waals surface area contributed by atoms with Gasteiger partial charge in [0.25, 0.3) is 0 Å². The topological polar surface area (TPSA) is 77.0 Å². The highest BCUT2D eigenvalue weighted by molar-refractivity contribution is 5.88. The van der Waals surface area contributed by atoms with Crippen LogP contribution in [0, 0.1) is 18.6 Å². The Morgan fingerprint density at radius 1 is 0.889 bits per heavy atom. The molecule has 0 atom stereocenters. The van der Waals surface area contributed by atoms with Crippen LogP contribution in [-0.4, -0.2) is 28.3 Å². The van der Waals surface area contributed by atoms with Gasteiger partial charge in [-0.25, -0.2) is 18.7 Å². The number of halogens is 2. The maximum Gasteiger partial charge on any atom is 0.158 e. The lowest BCUT2D eigenvalue weighted by Crippen LogP contribution is -2.00. The molecule has 0 aliphatic heterocycles. The summed E-state index contributed by atoms with van der Waals surface area (Å²) >= 11 is 0. The Hall–Kier alpha value is -4.72. The van der Waals surface area contributed by atoms with Gasteiger partial charge in [-0.05, 0) is 47.9 Å². The summed E-state index contributed by atoms with van der Waals surface area (Å²) in [7, 11) is 1.33. The molecule has 0 bridgehead atoms.